The Morgan fingerprint density at radius 1 is 1.56 bits per heavy atom. The second kappa shape index (κ2) is 5.83. The Morgan fingerprint density at radius 2 is 2.31 bits per heavy atom. The lowest BCUT2D eigenvalue weighted by molar-refractivity contribution is -0.117. The zero-order chi connectivity index (χ0) is 12.0. The van der Waals surface area contributed by atoms with Gasteiger partial charge in [-0.3, -0.25) is 4.79 Å². The SMILES string of the molecule is N#Cc1ccc(F)cc1CNCCC(N)=O. The van der Waals surface area contributed by atoms with E-state index in [1.165, 1.54) is 18.2 Å². The van der Waals surface area contributed by atoms with Gasteiger partial charge in [0.05, 0.1) is 11.6 Å². The molecule has 1 aromatic carbocycles. The number of nitrogens with two attached hydrogens (primary N) is 1. The van der Waals surface area contributed by atoms with Crippen LogP contribution in [-0.4, -0.2) is 12.5 Å². The number of amides is 1. The molecule has 1 amide bonds. The van der Waals surface area contributed by atoms with Crippen molar-refractivity contribution in [3.05, 3.63) is 35.1 Å². The van der Waals surface area contributed by atoms with Crippen molar-refractivity contribution in [2.75, 3.05) is 6.54 Å². The Hall–Kier alpha value is -1.93. The van der Waals surface area contributed by atoms with Gasteiger partial charge in [-0.25, -0.2) is 4.39 Å². The van der Waals surface area contributed by atoms with Crippen molar-refractivity contribution < 1.29 is 9.18 Å². The first-order valence-electron chi connectivity index (χ1n) is 4.81. The third kappa shape index (κ3) is 3.67. The lowest BCUT2D eigenvalue weighted by Gasteiger charge is -2.05. The van der Waals surface area contributed by atoms with Crippen LogP contribution in [0.1, 0.15) is 17.5 Å². The van der Waals surface area contributed by atoms with Gasteiger partial charge in [0.15, 0.2) is 0 Å². The fourth-order valence-corrected chi connectivity index (χ4v) is 1.25. The summed E-state index contributed by atoms with van der Waals surface area (Å²) >= 11 is 0. The van der Waals surface area contributed by atoms with Crippen LogP contribution in [0.2, 0.25) is 0 Å². The van der Waals surface area contributed by atoms with Crippen LogP contribution in [0.3, 0.4) is 0 Å². The smallest absolute Gasteiger partial charge is 0.218 e. The van der Waals surface area contributed by atoms with E-state index in [-0.39, 0.29) is 12.2 Å². The molecule has 84 valence electrons. The molecular weight excluding hydrogens is 209 g/mol. The van der Waals surface area contributed by atoms with E-state index in [1.54, 1.807) is 0 Å². The molecule has 0 aromatic heterocycles. The van der Waals surface area contributed by atoms with Crippen LogP contribution in [0, 0.1) is 17.1 Å². The van der Waals surface area contributed by atoms with Crippen LogP contribution in [-0.2, 0) is 11.3 Å². The van der Waals surface area contributed by atoms with Gasteiger partial charge in [0.25, 0.3) is 0 Å². The summed E-state index contributed by atoms with van der Waals surface area (Å²) in [6.45, 7) is 0.755. The zero-order valence-electron chi connectivity index (χ0n) is 8.66. The van der Waals surface area contributed by atoms with Crippen molar-refractivity contribution in [1.29, 1.82) is 5.26 Å². The third-order valence-electron chi connectivity index (χ3n) is 2.05. The molecule has 1 aromatic rings. The second-order valence-electron chi connectivity index (χ2n) is 3.31. The van der Waals surface area contributed by atoms with E-state index in [0.717, 1.165) is 0 Å². The number of hydrogen-bond acceptors (Lipinski definition) is 3. The molecule has 0 saturated carbocycles. The van der Waals surface area contributed by atoms with E-state index >= 15 is 0 Å². The first-order chi connectivity index (χ1) is 7.63. The van der Waals surface area contributed by atoms with Gasteiger partial charge in [0.1, 0.15) is 5.82 Å². The Bertz CT molecular complexity index is 426. The summed E-state index contributed by atoms with van der Waals surface area (Å²) in [4.78, 5) is 10.5. The third-order valence-corrected chi connectivity index (χ3v) is 2.05. The van der Waals surface area contributed by atoms with Crippen molar-refractivity contribution in [1.82, 2.24) is 5.32 Å². The summed E-state index contributed by atoms with van der Waals surface area (Å²) in [5.74, 6) is -0.780. The zero-order valence-corrected chi connectivity index (χ0v) is 8.66. The molecule has 0 saturated heterocycles. The minimum atomic E-state index is -0.396. The largest absolute Gasteiger partial charge is 0.370 e. The minimum Gasteiger partial charge on any atom is -0.370 e. The molecule has 0 bridgehead atoms. The average molecular weight is 221 g/mol. The van der Waals surface area contributed by atoms with Crippen molar-refractivity contribution in [3.8, 4) is 6.07 Å². The van der Waals surface area contributed by atoms with Crippen molar-refractivity contribution in [2.24, 2.45) is 5.73 Å². The number of hydrogen-bond donors (Lipinski definition) is 2. The molecule has 0 fully saturated rings. The van der Waals surface area contributed by atoms with E-state index in [9.17, 15) is 9.18 Å². The highest BCUT2D eigenvalue weighted by Gasteiger charge is 2.03. The first-order valence-corrected chi connectivity index (χ1v) is 4.81. The van der Waals surface area contributed by atoms with Crippen LogP contribution in [0.15, 0.2) is 18.2 Å². The second-order valence-corrected chi connectivity index (χ2v) is 3.31. The number of rotatable bonds is 5. The Morgan fingerprint density at radius 3 is 2.94 bits per heavy atom. The van der Waals surface area contributed by atoms with E-state index in [0.29, 0.717) is 24.2 Å². The predicted molar refractivity (Wildman–Crippen MR) is 56.6 cm³/mol. The van der Waals surface area contributed by atoms with Crippen molar-refractivity contribution in [2.45, 2.75) is 13.0 Å². The van der Waals surface area contributed by atoms with E-state index in [4.69, 9.17) is 11.0 Å². The maximum Gasteiger partial charge on any atom is 0.218 e. The van der Waals surface area contributed by atoms with Gasteiger partial charge in [0, 0.05) is 19.5 Å². The number of halogens is 1. The maximum absolute atomic E-state index is 12.9. The van der Waals surface area contributed by atoms with Crippen LogP contribution in [0.5, 0.6) is 0 Å². The topological polar surface area (TPSA) is 78.9 Å². The maximum atomic E-state index is 12.9. The van der Waals surface area contributed by atoms with Gasteiger partial charge in [-0.15, -0.1) is 0 Å². The first kappa shape index (κ1) is 12.1. The number of benzene rings is 1. The summed E-state index contributed by atoms with van der Waals surface area (Å²) < 4.78 is 12.9. The Kier molecular flexibility index (Phi) is 4.42. The fourth-order valence-electron chi connectivity index (χ4n) is 1.25. The summed E-state index contributed by atoms with van der Waals surface area (Å²) in [6, 6.07) is 5.95. The predicted octanol–water partition coefficient (Wildman–Crippen LogP) is 0.662. The van der Waals surface area contributed by atoms with Crippen molar-refractivity contribution in [3.63, 3.8) is 0 Å². The lowest BCUT2D eigenvalue weighted by atomic mass is 10.1. The summed E-state index contributed by atoms with van der Waals surface area (Å²) in [6.07, 6.45) is 0.219. The van der Waals surface area contributed by atoms with Crippen LogP contribution in [0.25, 0.3) is 0 Å². The molecule has 0 aliphatic rings. The van der Waals surface area contributed by atoms with E-state index < -0.39 is 5.91 Å². The molecule has 0 heterocycles. The van der Waals surface area contributed by atoms with Crippen LogP contribution >= 0.6 is 0 Å². The highest BCUT2D eigenvalue weighted by Crippen LogP contribution is 2.09. The van der Waals surface area contributed by atoms with Gasteiger partial charge in [-0.2, -0.15) is 5.26 Å². The standard InChI is InChI=1S/C11H12FN3O/c12-10-2-1-8(6-13)9(5-10)7-15-4-3-11(14)16/h1-2,5,15H,3-4,7H2,(H2,14,16). The van der Waals surface area contributed by atoms with Gasteiger partial charge < -0.3 is 11.1 Å². The van der Waals surface area contributed by atoms with Gasteiger partial charge in [-0.05, 0) is 23.8 Å². The van der Waals surface area contributed by atoms with Crippen molar-refractivity contribution >= 4 is 5.91 Å². The molecule has 1 rings (SSSR count). The normalized spacial score (nSPS) is 9.75. The molecule has 0 atom stereocenters. The molecular formula is C11H12FN3O. The van der Waals surface area contributed by atoms with Gasteiger partial charge in [0.2, 0.25) is 5.91 Å². The molecule has 0 aliphatic carbocycles. The molecule has 0 unspecified atom stereocenters. The number of carbonyl (C=O) groups excluding carboxylic acids is 1. The highest BCUT2D eigenvalue weighted by atomic mass is 19.1. The molecule has 16 heavy (non-hydrogen) atoms. The molecule has 0 spiro atoms. The number of carbonyl (C=O) groups is 1. The Balaban J connectivity index is 2.56. The number of primary amides is 1. The lowest BCUT2D eigenvalue weighted by Crippen LogP contribution is -2.22. The minimum absolute atomic E-state index is 0.219. The Labute approximate surface area is 92.9 Å². The van der Waals surface area contributed by atoms with Crippen LogP contribution in [0.4, 0.5) is 4.39 Å². The monoisotopic (exact) mass is 221 g/mol. The molecule has 0 radical (unpaired) electrons. The van der Waals surface area contributed by atoms with E-state index in [2.05, 4.69) is 5.32 Å². The summed E-state index contributed by atoms with van der Waals surface area (Å²) in [7, 11) is 0. The molecule has 3 N–H and O–H groups in total. The molecule has 5 heteroatoms. The fraction of sp³-hybridized carbons (Fsp3) is 0.273. The average Bonchev–Trinajstić information content (AvgIpc) is 2.24. The van der Waals surface area contributed by atoms with Gasteiger partial charge in [-0.1, -0.05) is 0 Å². The number of nitriles is 1. The van der Waals surface area contributed by atoms with E-state index in [1.807, 2.05) is 6.07 Å². The number of nitrogens with one attached hydrogen (secondary N) is 1. The van der Waals surface area contributed by atoms with Gasteiger partial charge >= 0.3 is 0 Å². The highest BCUT2D eigenvalue weighted by molar-refractivity contribution is 5.73. The quantitative estimate of drug-likeness (QED) is 0.717. The number of nitrogens with zero attached hydrogens (tertiary/aromatic N) is 1. The summed E-state index contributed by atoms with van der Waals surface area (Å²) in [5, 5.41) is 11.7. The van der Waals surface area contributed by atoms with Crippen LogP contribution < -0.4 is 11.1 Å². The molecule has 0 aliphatic heterocycles. The summed E-state index contributed by atoms with van der Waals surface area (Å²) in [5.41, 5.74) is 5.96. The molecule has 4 nitrogen and oxygen atoms in total.